The first-order valence-corrected chi connectivity index (χ1v) is 6.08. The van der Waals surface area contributed by atoms with Crippen LogP contribution in [0.25, 0.3) is 10.9 Å². The minimum atomic E-state index is -1.14. The molecule has 4 bridgehead atoms. The lowest BCUT2D eigenvalue weighted by Gasteiger charge is -2.12. The van der Waals surface area contributed by atoms with Gasteiger partial charge in [0.1, 0.15) is 5.75 Å². The molecule has 1 aliphatic heterocycles. The van der Waals surface area contributed by atoms with Crippen LogP contribution in [0.5, 0.6) is 5.75 Å². The summed E-state index contributed by atoms with van der Waals surface area (Å²) in [6, 6.07) is 4.97. The monoisotopic (exact) mass is 276 g/mol. The van der Waals surface area contributed by atoms with Crippen molar-refractivity contribution < 1.29 is 24.3 Å². The van der Waals surface area contributed by atoms with E-state index in [1.807, 2.05) is 0 Å². The molecule has 3 N–H and O–H groups in total. The number of benzene rings is 1. The molecule has 0 amide bonds. The standard InChI is InChI=1S/C13H12N2O5/c14-5-4-7-9(6-16)15-8-2-1-3-10(11(7)8)19-12(17)13(18)20-15/h1-3,16H,4-6,14H2. The summed E-state index contributed by atoms with van der Waals surface area (Å²) in [5, 5.41) is 10.2. The highest BCUT2D eigenvalue weighted by Crippen LogP contribution is 2.34. The Balaban J connectivity index is 2.40. The maximum absolute atomic E-state index is 11.6. The molecule has 0 saturated carbocycles. The van der Waals surface area contributed by atoms with Crippen LogP contribution < -0.4 is 15.3 Å². The Morgan fingerprint density at radius 1 is 1.25 bits per heavy atom. The van der Waals surface area contributed by atoms with Gasteiger partial charge in [-0.2, -0.15) is 4.73 Å². The zero-order valence-electron chi connectivity index (χ0n) is 10.5. The summed E-state index contributed by atoms with van der Waals surface area (Å²) in [6.45, 7) is 0.00721. The number of esters is 1. The van der Waals surface area contributed by atoms with E-state index in [1.54, 1.807) is 18.2 Å². The van der Waals surface area contributed by atoms with Crippen LogP contribution in [0.15, 0.2) is 18.2 Å². The van der Waals surface area contributed by atoms with Crippen molar-refractivity contribution in [3.8, 4) is 5.75 Å². The van der Waals surface area contributed by atoms with Crippen molar-refractivity contribution >= 4 is 22.8 Å². The molecule has 0 radical (unpaired) electrons. The van der Waals surface area contributed by atoms with Crippen molar-refractivity contribution in [2.75, 3.05) is 6.54 Å². The summed E-state index contributed by atoms with van der Waals surface area (Å²) in [7, 11) is 0. The number of aliphatic hydroxyl groups excluding tert-OH is 1. The highest BCUT2D eigenvalue weighted by atomic mass is 16.7. The van der Waals surface area contributed by atoms with E-state index >= 15 is 0 Å². The molecule has 0 unspecified atom stereocenters. The van der Waals surface area contributed by atoms with Gasteiger partial charge < -0.3 is 20.4 Å². The lowest BCUT2D eigenvalue weighted by atomic mass is 10.1. The number of aliphatic hydroxyl groups is 1. The maximum Gasteiger partial charge on any atom is 0.442 e. The molecular formula is C13H12N2O5. The quantitative estimate of drug-likeness (QED) is 0.445. The molecule has 2 heterocycles. The number of aromatic nitrogens is 1. The van der Waals surface area contributed by atoms with Gasteiger partial charge in [-0.3, -0.25) is 0 Å². The van der Waals surface area contributed by atoms with Gasteiger partial charge >= 0.3 is 11.9 Å². The largest absolute Gasteiger partial charge is 0.442 e. The van der Waals surface area contributed by atoms with Gasteiger partial charge in [0.25, 0.3) is 0 Å². The normalized spacial score (nSPS) is 14.1. The molecule has 0 aliphatic carbocycles. The molecule has 1 aliphatic rings. The van der Waals surface area contributed by atoms with Crippen molar-refractivity contribution in [1.29, 1.82) is 0 Å². The predicted molar refractivity (Wildman–Crippen MR) is 67.8 cm³/mol. The molecule has 20 heavy (non-hydrogen) atoms. The number of nitrogens with zero attached hydrogens (tertiary/aromatic N) is 1. The van der Waals surface area contributed by atoms with E-state index < -0.39 is 11.9 Å². The molecule has 0 fully saturated rings. The van der Waals surface area contributed by atoms with Crippen LogP contribution in [-0.2, 0) is 22.6 Å². The Labute approximate surface area is 113 Å². The lowest BCUT2D eigenvalue weighted by Crippen LogP contribution is -2.32. The van der Waals surface area contributed by atoms with E-state index in [0.29, 0.717) is 35.1 Å². The number of hydrogen-bond donors (Lipinski definition) is 2. The van der Waals surface area contributed by atoms with Crippen LogP contribution in [-0.4, -0.2) is 28.3 Å². The molecular weight excluding hydrogens is 264 g/mol. The van der Waals surface area contributed by atoms with Crippen LogP contribution in [0.1, 0.15) is 11.3 Å². The van der Waals surface area contributed by atoms with Crippen molar-refractivity contribution in [1.82, 2.24) is 4.73 Å². The molecule has 0 saturated heterocycles. The van der Waals surface area contributed by atoms with E-state index in [1.165, 1.54) is 4.73 Å². The van der Waals surface area contributed by atoms with Crippen LogP contribution >= 0.6 is 0 Å². The van der Waals surface area contributed by atoms with Crippen LogP contribution in [0.3, 0.4) is 0 Å². The second-order valence-electron chi connectivity index (χ2n) is 4.33. The van der Waals surface area contributed by atoms with Crippen LogP contribution in [0, 0.1) is 0 Å². The summed E-state index contributed by atoms with van der Waals surface area (Å²) in [6.07, 6.45) is 0.464. The Morgan fingerprint density at radius 2 is 2.05 bits per heavy atom. The first kappa shape index (κ1) is 12.6. The Morgan fingerprint density at radius 3 is 2.75 bits per heavy atom. The number of rotatable bonds is 3. The molecule has 7 nitrogen and oxygen atoms in total. The average molecular weight is 276 g/mol. The minimum absolute atomic E-state index is 0.265. The molecule has 0 spiro atoms. The smallest absolute Gasteiger partial charge is 0.417 e. The summed E-state index contributed by atoms with van der Waals surface area (Å²) >= 11 is 0. The fourth-order valence-corrected chi connectivity index (χ4v) is 2.43. The van der Waals surface area contributed by atoms with Crippen LogP contribution in [0.4, 0.5) is 0 Å². The van der Waals surface area contributed by atoms with E-state index in [2.05, 4.69) is 0 Å². The van der Waals surface area contributed by atoms with Crippen molar-refractivity contribution in [2.24, 2.45) is 5.73 Å². The zero-order valence-corrected chi connectivity index (χ0v) is 10.5. The Kier molecular flexibility index (Phi) is 2.92. The van der Waals surface area contributed by atoms with Gasteiger partial charge in [-0.1, -0.05) is 6.07 Å². The predicted octanol–water partition coefficient (Wildman–Crippen LogP) is -0.491. The summed E-state index contributed by atoms with van der Waals surface area (Å²) in [5.41, 5.74) is 7.24. The van der Waals surface area contributed by atoms with Crippen molar-refractivity contribution in [3.05, 3.63) is 29.5 Å². The third kappa shape index (κ3) is 1.68. The maximum atomic E-state index is 11.6. The van der Waals surface area contributed by atoms with Gasteiger partial charge in [-0.15, -0.1) is 0 Å². The average Bonchev–Trinajstić information content (AvgIpc) is 2.75. The summed E-state index contributed by atoms with van der Waals surface area (Å²) in [4.78, 5) is 28.1. The summed E-state index contributed by atoms with van der Waals surface area (Å²) in [5.74, 6) is -1.97. The fraction of sp³-hybridized carbons (Fsp3) is 0.231. The number of carbonyl (C=O) groups excluding carboxylic acids is 2. The third-order valence-corrected chi connectivity index (χ3v) is 3.21. The van der Waals surface area contributed by atoms with E-state index in [-0.39, 0.29) is 12.4 Å². The fourth-order valence-electron chi connectivity index (χ4n) is 2.43. The molecule has 104 valence electrons. The number of hydrogen-bond acceptors (Lipinski definition) is 6. The number of ether oxygens (including phenoxy) is 1. The second-order valence-corrected chi connectivity index (χ2v) is 4.33. The third-order valence-electron chi connectivity index (χ3n) is 3.21. The van der Waals surface area contributed by atoms with E-state index in [9.17, 15) is 14.7 Å². The number of carbonyl (C=O) groups is 2. The van der Waals surface area contributed by atoms with Gasteiger partial charge in [0.15, 0.2) is 0 Å². The van der Waals surface area contributed by atoms with Crippen LogP contribution in [0.2, 0.25) is 0 Å². The van der Waals surface area contributed by atoms with Crippen molar-refractivity contribution in [3.63, 3.8) is 0 Å². The molecule has 3 rings (SSSR count). The van der Waals surface area contributed by atoms with Gasteiger partial charge in [-0.05, 0) is 30.7 Å². The molecule has 2 aromatic rings. The number of nitrogens with two attached hydrogens (primary N) is 1. The molecule has 1 aromatic heterocycles. The minimum Gasteiger partial charge on any atom is -0.417 e. The van der Waals surface area contributed by atoms with Gasteiger partial charge in [0.2, 0.25) is 0 Å². The second kappa shape index (κ2) is 4.62. The van der Waals surface area contributed by atoms with Gasteiger partial charge in [0.05, 0.1) is 17.8 Å². The molecule has 1 aromatic carbocycles. The topological polar surface area (TPSA) is 104 Å². The van der Waals surface area contributed by atoms with E-state index in [4.69, 9.17) is 15.3 Å². The highest BCUT2D eigenvalue weighted by molar-refractivity contribution is 6.31. The molecule has 0 atom stereocenters. The van der Waals surface area contributed by atoms with Gasteiger partial charge in [-0.25, -0.2) is 9.59 Å². The molecule has 7 heteroatoms. The zero-order chi connectivity index (χ0) is 14.3. The first-order valence-electron chi connectivity index (χ1n) is 6.08. The SMILES string of the molecule is NCCc1c(CO)n2c3cccc(c13)OC(=O)C(=O)O2. The first-order chi connectivity index (χ1) is 9.67. The lowest BCUT2D eigenvalue weighted by molar-refractivity contribution is -0.162. The highest BCUT2D eigenvalue weighted by Gasteiger charge is 2.29. The Bertz CT molecular complexity index is 719. The van der Waals surface area contributed by atoms with E-state index in [0.717, 1.165) is 0 Å². The Hall–Kier alpha value is -2.38. The van der Waals surface area contributed by atoms with Gasteiger partial charge in [0, 0.05) is 5.39 Å². The van der Waals surface area contributed by atoms with Crippen molar-refractivity contribution in [2.45, 2.75) is 13.0 Å². The summed E-state index contributed by atoms with van der Waals surface area (Å²) < 4.78 is 6.20.